The van der Waals surface area contributed by atoms with Gasteiger partial charge < -0.3 is 9.67 Å². The number of aromatic nitrogens is 2. The minimum Gasteiger partial charge on any atom is -0.480 e. The molecule has 2 aromatic rings. The van der Waals surface area contributed by atoms with Crippen LogP contribution in [0.1, 0.15) is 12.8 Å². The number of aliphatic carboxylic acids is 1. The maximum Gasteiger partial charge on any atom is 0.323 e. The fourth-order valence-corrected chi connectivity index (χ4v) is 5.19. The van der Waals surface area contributed by atoms with Crippen LogP contribution in [0, 0.1) is 5.92 Å². The number of rotatable bonds is 6. The van der Waals surface area contributed by atoms with Crippen LogP contribution >= 0.6 is 11.8 Å². The molecule has 0 aliphatic carbocycles. The average Bonchev–Trinajstić information content (AvgIpc) is 2.90. The third kappa shape index (κ3) is 4.34. The lowest BCUT2D eigenvalue weighted by atomic mass is 10.0. The van der Waals surface area contributed by atoms with Gasteiger partial charge in [0.1, 0.15) is 6.54 Å². The van der Waals surface area contributed by atoms with Crippen molar-refractivity contribution in [2.75, 3.05) is 25.1 Å². The summed E-state index contributed by atoms with van der Waals surface area (Å²) in [4.78, 5) is 15.7. The number of hydrogen-bond acceptors (Lipinski definition) is 5. The molecule has 2 heterocycles. The second-order valence-electron chi connectivity index (χ2n) is 6.30. The molecule has 0 radical (unpaired) electrons. The standard InChI is InChI=1S/C16H21N3O4S2/c1-25(22,23)18-8-4-5-12(9-18)11-24-16-17-13-6-2-3-7-14(13)19(16)10-15(20)21/h2-3,6-7,12H,4-5,8-11H2,1H3,(H,20,21). The largest absolute Gasteiger partial charge is 0.480 e. The minimum absolute atomic E-state index is 0.136. The topological polar surface area (TPSA) is 92.5 Å². The van der Waals surface area contributed by atoms with Crippen LogP contribution in [0.4, 0.5) is 0 Å². The number of piperidine rings is 1. The number of sulfonamides is 1. The minimum atomic E-state index is -3.16. The second kappa shape index (κ2) is 7.35. The smallest absolute Gasteiger partial charge is 0.323 e. The highest BCUT2D eigenvalue weighted by Gasteiger charge is 2.26. The average molecular weight is 383 g/mol. The van der Waals surface area contributed by atoms with E-state index >= 15 is 0 Å². The number of carbonyl (C=O) groups is 1. The Morgan fingerprint density at radius 1 is 1.40 bits per heavy atom. The Hall–Kier alpha value is -1.58. The normalized spacial score (nSPS) is 19.3. The van der Waals surface area contributed by atoms with Gasteiger partial charge in [-0.15, -0.1) is 0 Å². The quantitative estimate of drug-likeness (QED) is 0.766. The summed E-state index contributed by atoms with van der Waals surface area (Å²) in [6.07, 6.45) is 3.07. The molecule has 1 N–H and O–H groups in total. The lowest BCUT2D eigenvalue weighted by Gasteiger charge is -2.30. The van der Waals surface area contributed by atoms with E-state index in [1.807, 2.05) is 24.3 Å². The lowest BCUT2D eigenvalue weighted by molar-refractivity contribution is -0.137. The zero-order valence-corrected chi connectivity index (χ0v) is 15.6. The van der Waals surface area contributed by atoms with Crippen molar-refractivity contribution in [1.29, 1.82) is 0 Å². The summed E-state index contributed by atoms with van der Waals surface area (Å²) in [5.74, 6) is 0.0482. The van der Waals surface area contributed by atoms with E-state index in [0.717, 1.165) is 29.6 Å². The van der Waals surface area contributed by atoms with Gasteiger partial charge in [-0.05, 0) is 30.9 Å². The van der Waals surface area contributed by atoms with Crippen molar-refractivity contribution < 1.29 is 18.3 Å². The molecule has 0 bridgehead atoms. The van der Waals surface area contributed by atoms with Crippen LogP contribution in [-0.4, -0.2) is 58.4 Å². The molecule has 0 amide bonds. The Morgan fingerprint density at radius 3 is 2.88 bits per heavy atom. The van der Waals surface area contributed by atoms with Crippen molar-refractivity contribution in [3.63, 3.8) is 0 Å². The van der Waals surface area contributed by atoms with Gasteiger partial charge >= 0.3 is 5.97 Å². The molecule has 0 saturated carbocycles. The van der Waals surface area contributed by atoms with Crippen LogP contribution in [0.15, 0.2) is 29.4 Å². The van der Waals surface area contributed by atoms with Crippen molar-refractivity contribution >= 4 is 38.8 Å². The number of hydrogen-bond donors (Lipinski definition) is 1. The molecule has 9 heteroatoms. The van der Waals surface area contributed by atoms with Crippen molar-refractivity contribution in [3.8, 4) is 0 Å². The zero-order chi connectivity index (χ0) is 18.0. The highest BCUT2D eigenvalue weighted by atomic mass is 32.2. The summed E-state index contributed by atoms with van der Waals surface area (Å²) in [6, 6.07) is 7.47. The highest BCUT2D eigenvalue weighted by Crippen LogP contribution is 2.29. The van der Waals surface area contributed by atoms with Gasteiger partial charge in [0.15, 0.2) is 5.16 Å². The van der Waals surface area contributed by atoms with E-state index in [1.54, 1.807) is 4.57 Å². The van der Waals surface area contributed by atoms with Gasteiger partial charge in [0.2, 0.25) is 10.0 Å². The Labute approximate surface area is 151 Å². The number of carboxylic acid groups (broad SMARTS) is 1. The molecule has 1 aromatic heterocycles. The van der Waals surface area contributed by atoms with Crippen LogP contribution in [0.5, 0.6) is 0 Å². The summed E-state index contributed by atoms with van der Waals surface area (Å²) < 4.78 is 26.7. The number of nitrogens with zero attached hydrogens (tertiary/aromatic N) is 3. The molecule has 1 unspecified atom stereocenters. The van der Waals surface area contributed by atoms with Gasteiger partial charge in [0.25, 0.3) is 0 Å². The maximum absolute atomic E-state index is 11.7. The molecule has 25 heavy (non-hydrogen) atoms. The van der Waals surface area contributed by atoms with Gasteiger partial charge in [-0.25, -0.2) is 17.7 Å². The molecule has 1 atom stereocenters. The molecular weight excluding hydrogens is 362 g/mol. The Kier molecular flexibility index (Phi) is 5.35. The molecule has 1 saturated heterocycles. The van der Waals surface area contributed by atoms with Gasteiger partial charge in [0, 0.05) is 18.8 Å². The number of carboxylic acids is 1. The first-order chi connectivity index (χ1) is 11.8. The molecule has 1 aliphatic rings. The van der Waals surface area contributed by atoms with E-state index in [4.69, 9.17) is 0 Å². The summed E-state index contributed by atoms with van der Waals surface area (Å²) in [7, 11) is -3.16. The second-order valence-corrected chi connectivity index (χ2v) is 9.27. The summed E-state index contributed by atoms with van der Waals surface area (Å²) in [6.45, 7) is 0.964. The maximum atomic E-state index is 11.7. The Balaban J connectivity index is 1.75. The summed E-state index contributed by atoms with van der Waals surface area (Å²) in [5, 5.41) is 9.85. The van der Waals surface area contributed by atoms with Gasteiger partial charge in [-0.2, -0.15) is 0 Å². The first-order valence-electron chi connectivity index (χ1n) is 8.09. The summed E-state index contributed by atoms with van der Waals surface area (Å²) >= 11 is 1.50. The third-order valence-electron chi connectivity index (χ3n) is 4.31. The monoisotopic (exact) mass is 383 g/mol. The van der Waals surface area contributed by atoms with E-state index in [0.29, 0.717) is 18.2 Å². The number of fused-ring (bicyclic) bond motifs is 1. The first-order valence-corrected chi connectivity index (χ1v) is 10.9. The van der Waals surface area contributed by atoms with Crippen molar-refractivity contribution in [3.05, 3.63) is 24.3 Å². The Morgan fingerprint density at radius 2 is 2.16 bits per heavy atom. The predicted molar refractivity (Wildman–Crippen MR) is 97.2 cm³/mol. The predicted octanol–water partition coefficient (Wildman–Crippen LogP) is 1.88. The lowest BCUT2D eigenvalue weighted by Crippen LogP contribution is -2.39. The molecule has 1 aromatic carbocycles. The Bertz CT molecular complexity index is 879. The SMILES string of the molecule is CS(=O)(=O)N1CCCC(CSc2nc3ccccc3n2CC(=O)O)C1. The van der Waals surface area contributed by atoms with Gasteiger partial charge in [-0.1, -0.05) is 23.9 Å². The van der Waals surface area contributed by atoms with Crippen molar-refractivity contribution in [2.24, 2.45) is 5.92 Å². The molecule has 136 valence electrons. The van der Waals surface area contributed by atoms with Crippen molar-refractivity contribution in [1.82, 2.24) is 13.9 Å². The third-order valence-corrected chi connectivity index (χ3v) is 6.79. The van der Waals surface area contributed by atoms with Gasteiger partial charge in [0.05, 0.1) is 17.3 Å². The van der Waals surface area contributed by atoms with Crippen LogP contribution in [0.3, 0.4) is 0 Å². The molecule has 1 fully saturated rings. The number of benzene rings is 1. The zero-order valence-electron chi connectivity index (χ0n) is 14.0. The summed E-state index contributed by atoms with van der Waals surface area (Å²) in [5.41, 5.74) is 1.57. The molecular formula is C16H21N3O4S2. The van der Waals surface area contributed by atoms with E-state index in [-0.39, 0.29) is 12.5 Å². The number of para-hydroxylation sites is 2. The van der Waals surface area contributed by atoms with Crippen LogP contribution in [-0.2, 0) is 21.4 Å². The van der Waals surface area contributed by atoms with Crippen molar-refractivity contribution in [2.45, 2.75) is 24.5 Å². The fraction of sp³-hybridized carbons (Fsp3) is 0.500. The number of thioether (sulfide) groups is 1. The van der Waals surface area contributed by atoms with Gasteiger partial charge in [-0.3, -0.25) is 4.79 Å². The molecule has 3 rings (SSSR count). The fourth-order valence-electron chi connectivity index (χ4n) is 3.11. The number of imidazole rings is 1. The van der Waals surface area contributed by atoms with E-state index in [9.17, 15) is 18.3 Å². The van der Waals surface area contributed by atoms with E-state index in [2.05, 4.69) is 4.98 Å². The molecule has 7 nitrogen and oxygen atoms in total. The first kappa shape index (κ1) is 18.2. The van der Waals surface area contributed by atoms with Crippen LogP contribution in [0.2, 0.25) is 0 Å². The van der Waals surface area contributed by atoms with E-state index < -0.39 is 16.0 Å². The van der Waals surface area contributed by atoms with Crippen LogP contribution < -0.4 is 0 Å². The van der Waals surface area contributed by atoms with E-state index in [1.165, 1.54) is 22.3 Å². The molecule has 1 aliphatic heterocycles. The molecule has 0 spiro atoms. The van der Waals surface area contributed by atoms with Crippen LogP contribution in [0.25, 0.3) is 11.0 Å². The highest BCUT2D eigenvalue weighted by molar-refractivity contribution is 7.99.